The molecule has 176 valence electrons. The molecule has 0 saturated heterocycles. The molecule has 2 unspecified atom stereocenters. The number of esters is 1. The molecule has 0 aromatic carbocycles. The maximum Gasteiger partial charge on any atom is 0.305 e. The monoisotopic (exact) mass is 474 g/mol. The summed E-state index contributed by atoms with van der Waals surface area (Å²) in [6.07, 6.45) is 1.14. The van der Waals surface area contributed by atoms with Crippen molar-refractivity contribution in [3.05, 3.63) is 24.4 Å². The largest absolute Gasteiger partial charge is 0.460 e. The number of aliphatic hydroxyl groups is 2. The zero-order chi connectivity index (χ0) is 23.1. The van der Waals surface area contributed by atoms with Gasteiger partial charge >= 0.3 is 5.97 Å². The number of aromatic nitrogens is 1. The number of rotatable bonds is 15. The van der Waals surface area contributed by atoms with Crippen LogP contribution < -0.4 is 5.32 Å². The molecule has 1 rings (SSSR count). The van der Waals surface area contributed by atoms with Crippen molar-refractivity contribution in [2.24, 2.45) is 5.41 Å². The molecule has 3 N–H and O–H groups in total. The SMILES string of the molecule is CC(C)(C)CC(CO)OC(O)COC(=O)CCCC(=O)NCCSSc1ccccn1. The van der Waals surface area contributed by atoms with Gasteiger partial charge in [0.1, 0.15) is 11.6 Å². The van der Waals surface area contributed by atoms with Gasteiger partial charge in [0.05, 0.1) is 12.7 Å². The molecule has 0 aliphatic rings. The molecule has 1 aromatic heterocycles. The van der Waals surface area contributed by atoms with Crippen LogP contribution in [0.2, 0.25) is 0 Å². The Labute approximate surface area is 192 Å². The minimum atomic E-state index is -1.30. The molecule has 8 nitrogen and oxygen atoms in total. The number of aliphatic hydroxyl groups excluding tert-OH is 2. The molecule has 0 saturated carbocycles. The van der Waals surface area contributed by atoms with Gasteiger partial charge in [0.25, 0.3) is 0 Å². The van der Waals surface area contributed by atoms with Crippen LogP contribution in [-0.2, 0) is 19.1 Å². The van der Waals surface area contributed by atoms with Crippen molar-refractivity contribution < 1.29 is 29.3 Å². The van der Waals surface area contributed by atoms with Crippen molar-refractivity contribution in [3.63, 3.8) is 0 Å². The predicted molar refractivity (Wildman–Crippen MR) is 122 cm³/mol. The molecular formula is C21H34N2O6S2. The van der Waals surface area contributed by atoms with Crippen molar-refractivity contribution >= 4 is 33.5 Å². The number of hydrogen-bond acceptors (Lipinski definition) is 9. The molecule has 0 radical (unpaired) electrons. The van der Waals surface area contributed by atoms with Gasteiger partial charge in [0.2, 0.25) is 5.91 Å². The Hall–Kier alpha value is -1.33. The lowest BCUT2D eigenvalue weighted by atomic mass is 9.89. The molecule has 10 heteroatoms. The number of pyridine rings is 1. The second-order valence-electron chi connectivity index (χ2n) is 8.12. The molecule has 0 bridgehead atoms. The summed E-state index contributed by atoms with van der Waals surface area (Å²) in [5.41, 5.74) is -0.0685. The quantitative estimate of drug-likeness (QED) is 0.153. The smallest absolute Gasteiger partial charge is 0.305 e. The van der Waals surface area contributed by atoms with Gasteiger partial charge in [0.15, 0.2) is 6.29 Å². The van der Waals surface area contributed by atoms with Crippen LogP contribution in [0.3, 0.4) is 0 Å². The Kier molecular flexibility index (Phi) is 13.8. The van der Waals surface area contributed by atoms with E-state index < -0.39 is 18.4 Å². The highest BCUT2D eigenvalue weighted by Crippen LogP contribution is 2.28. The van der Waals surface area contributed by atoms with Crippen LogP contribution in [0, 0.1) is 5.41 Å². The van der Waals surface area contributed by atoms with Crippen molar-refractivity contribution in [3.8, 4) is 0 Å². The Balaban J connectivity index is 2.06. The van der Waals surface area contributed by atoms with Crippen molar-refractivity contribution in [1.29, 1.82) is 0 Å². The fourth-order valence-corrected chi connectivity index (χ4v) is 4.33. The van der Waals surface area contributed by atoms with Crippen molar-refractivity contribution in [1.82, 2.24) is 10.3 Å². The highest BCUT2D eigenvalue weighted by atomic mass is 33.1. The van der Waals surface area contributed by atoms with Crippen LogP contribution in [0.15, 0.2) is 29.4 Å². The van der Waals surface area contributed by atoms with Gasteiger partial charge in [-0.25, -0.2) is 4.98 Å². The Bertz CT molecular complexity index is 643. The maximum atomic E-state index is 11.8. The third-order valence-corrected chi connectivity index (χ3v) is 6.12. The van der Waals surface area contributed by atoms with Crippen LogP contribution in [0.4, 0.5) is 0 Å². The molecule has 1 heterocycles. The van der Waals surface area contributed by atoms with E-state index in [9.17, 15) is 19.8 Å². The summed E-state index contributed by atoms with van der Waals surface area (Å²) >= 11 is 0. The number of nitrogens with zero attached hydrogens (tertiary/aromatic N) is 1. The number of hydrogen-bond donors (Lipinski definition) is 3. The third-order valence-electron chi connectivity index (χ3n) is 3.85. The van der Waals surface area contributed by atoms with Crippen LogP contribution >= 0.6 is 21.6 Å². The van der Waals surface area contributed by atoms with E-state index in [1.54, 1.807) is 27.8 Å². The highest BCUT2D eigenvalue weighted by molar-refractivity contribution is 8.76. The molecule has 2 atom stereocenters. The van der Waals surface area contributed by atoms with Crippen molar-refractivity contribution in [2.45, 2.75) is 63.9 Å². The van der Waals surface area contributed by atoms with Crippen LogP contribution in [0.25, 0.3) is 0 Å². The summed E-state index contributed by atoms with van der Waals surface area (Å²) in [4.78, 5) is 27.8. The Morgan fingerprint density at radius 3 is 2.68 bits per heavy atom. The van der Waals surface area contributed by atoms with E-state index in [1.165, 1.54) is 0 Å². The highest BCUT2D eigenvalue weighted by Gasteiger charge is 2.22. The number of carbonyl (C=O) groups is 2. The zero-order valence-electron chi connectivity index (χ0n) is 18.4. The summed E-state index contributed by atoms with van der Waals surface area (Å²) < 4.78 is 10.3. The molecule has 0 spiro atoms. The van der Waals surface area contributed by atoms with Crippen LogP contribution in [0.1, 0.15) is 46.5 Å². The first-order valence-corrected chi connectivity index (χ1v) is 12.6. The van der Waals surface area contributed by atoms with E-state index in [2.05, 4.69) is 10.3 Å². The normalized spacial score (nSPS) is 13.5. The molecule has 31 heavy (non-hydrogen) atoms. The molecule has 0 aliphatic heterocycles. The second-order valence-corrected chi connectivity index (χ2v) is 10.6. The Morgan fingerprint density at radius 2 is 2.03 bits per heavy atom. The topological polar surface area (TPSA) is 118 Å². The summed E-state index contributed by atoms with van der Waals surface area (Å²) in [7, 11) is 3.17. The van der Waals surface area contributed by atoms with Gasteiger partial charge in [-0.3, -0.25) is 9.59 Å². The number of nitrogens with one attached hydrogen (secondary N) is 1. The zero-order valence-corrected chi connectivity index (χ0v) is 20.0. The van der Waals surface area contributed by atoms with E-state index in [0.717, 1.165) is 10.8 Å². The molecule has 0 aliphatic carbocycles. The lowest BCUT2D eigenvalue weighted by molar-refractivity contribution is -0.187. The van der Waals surface area contributed by atoms with E-state index in [1.807, 2.05) is 39.0 Å². The number of amides is 1. The first kappa shape index (κ1) is 27.7. The first-order valence-electron chi connectivity index (χ1n) is 10.3. The predicted octanol–water partition coefficient (Wildman–Crippen LogP) is 2.78. The van der Waals surface area contributed by atoms with E-state index in [-0.39, 0.29) is 37.4 Å². The molecule has 1 amide bonds. The maximum absolute atomic E-state index is 11.8. The molecule has 1 aromatic rings. The fraction of sp³-hybridized carbons (Fsp3) is 0.667. The number of ether oxygens (including phenoxy) is 2. The van der Waals surface area contributed by atoms with Crippen LogP contribution in [-0.4, -0.2) is 65.0 Å². The van der Waals surface area contributed by atoms with Crippen LogP contribution in [0.5, 0.6) is 0 Å². The molecule has 0 fully saturated rings. The van der Waals surface area contributed by atoms with Gasteiger partial charge in [0, 0.05) is 31.3 Å². The van der Waals surface area contributed by atoms with E-state index >= 15 is 0 Å². The lowest BCUT2D eigenvalue weighted by Gasteiger charge is -2.26. The van der Waals surface area contributed by atoms with E-state index in [4.69, 9.17) is 9.47 Å². The average molecular weight is 475 g/mol. The standard InChI is InChI=1S/C21H34N2O6S2/c1-21(2,3)13-16(14-24)29-20(27)15-28-19(26)9-6-7-17(25)22-11-12-30-31-18-8-4-5-10-23-18/h4-5,8,10,16,20,24,27H,6-7,9,11-15H2,1-3H3,(H,22,25). The number of carbonyl (C=O) groups excluding carboxylic acids is 2. The van der Waals surface area contributed by atoms with Gasteiger partial charge in [-0.2, -0.15) is 0 Å². The van der Waals surface area contributed by atoms with E-state index in [0.29, 0.717) is 19.4 Å². The summed E-state index contributed by atoms with van der Waals surface area (Å²) in [5, 5.41) is 22.9. The van der Waals surface area contributed by atoms with Gasteiger partial charge in [-0.1, -0.05) is 37.6 Å². The fourth-order valence-electron chi connectivity index (χ4n) is 2.55. The molecular weight excluding hydrogens is 440 g/mol. The minimum Gasteiger partial charge on any atom is -0.460 e. The van der Waals surface area contributed by atoms with Crippen molar-refractivity contribution in [2.75, 3.05) is 25.5 Å². The summed E-state index contributed by atoms with van der Waals surface area (Å²) in [5.74, 6) is 0.124. The summed E-state index contributed by atoms with van der Waals surface area (Å²) in [6.45, 7) is 6.01. The minimum absolute atomic E-state index is 0.0685. The summed E-state index contributed by atoms with van der Waals surface area (Å²) in [6, 6.07) is 5.72. The van der Waals surface area contributed by atoms with Gasteiger partial charge in [-0.15, -0.1) is 0 Å². The van der Waals surface area contributed by atoms with Gasteiger partial charge < -0.3 is 25.0 Å². The van der Waals surface area contributed by atoms with Gasteiger partial charge in [-0.05, 0) is 41.2 Å². The first-order chi connectivity index (χ1) is 14.7. The second kappa shape index (κ2) is 15.5. The third kappa shape index (κ3) is 15.2. The lowest BCUT2D eigenvalue weighted by Crippen LogP contribution is -2.32. The average Bonchev–Trinajstić information content (AvgIpc) is 2.71. The Morgan fingerprint density at radius 1 is 1.26 bits per heavy atom.